The van der Waals surface area contributed by atoms with Gasteiger partial charge in [0.05, 0.1) is 12.0 Å². The van der Waals surface area contributed by atoms with Gasteiger partial charge >= 0.3 is 0 Å². The lowest BCUT2D eigenvalue weighted by Gasteiger charge is -2.26. The second-order valence-corrected chi connectivity index (χ2v) is 3.71. The molecule has 0 spiro atoms. The van der Waals surface area contributed by atoms with Crippen LogP contribution in [0.25, 0.3) is 0 Å². The van der Waals surface area contributed by atoms with Crippen molar-refractivity contribution >= 4 is 0 Å². The van der Waals surface area contributed by atoms with E-state index in [1.54, 1.807) is 0 Å². The molecule has 0 bridgehead atoms. The monoisotopic (exact) mass is 167 g/mol. The first kappa shape index (κ1) is 9.50. The molecule has 12 heavy (non-hydrogen) atoms. The molecule has 0 aromatic heterocycles. The van der Waals surface area contributed by atoms with Crippen LogP contribution in [-0.2, 0) is 0 Å². The van der Waals surface area contributed by atoms with Gasteiger partial charge in [-0.3, -0.25) is 4.90 Å². The summed E-state index contributed by atoms with van der Waals surface area (Å²) in [5.41, 5.74) is 5.78. The van der Waals surface area contributed by atoms with Crippen LogP contribution in [0.2, 0.25) is 0 Å². The number of likely N-dealkylation sites (tertiary alicyclic amines) is 1. The fourth-order valence-electron chi connectivity index (χ4n) is 1.60. The molecule has 0 radical (unpaired) electrons. The van der Waals surface area contributed by atoms with Crippen molar-refractivity contribution in [2.45, 2.75) is 32.4 Å². The first-order chi connectivity index (χ1) is 5.65. The first-order valence-electron chi connectivity index (χ1n) is 4.54. The van der Waals surface area contributed by atoms with Gasteiger partial charge < -0.3 is 5.73 Å². The van der Waals surface area contributed by atoms with Crippen LogP contribution in [0.3, 0.4) is 0 Å². The van der Waals surface area contributed by atoms with E-state index >= 15 is 0 Å². The average Bonchev–Trinajstić information content (AvgIpc) is 2.50. The molecule has 0 aromatic carbocycles. The molecule has 1 heterocycles. The summed E-state index contributed by atoms with van der Waals surface area (Å²) < 4.78 is 0. The van der Waals surface area contributed by atoms with Crippen LogP contribution in [0.1, 0.15) is 20.3 Å². The molecule has 0 amide bonds. The third-order valence-corrected chi connectivity index (χ3v) is 2.74. The van der Waals surface area contributed by atoms with Gasteiger partial charge in [-0.25, -0.2) is 0 Å². The molecule has 1 saturated heterocycles. The second kappa shape index (κ2) is 3.88. The van der Waals surface area contributed by atoms with E-state index in [9.17, 15) is 0 Å². The average molecular weight is 167 g/mol. The van der Waals surface area contributed by atoms with E-state index in [0.29, 0.717) is 6.04 Å². The van der Waals surface area contributed by atoms with Crippen molar-refractivity contribution in [2.75, 3.05) is 13.1 Å². The predicted octanol–water partition coefficient (Wildman–Crippen LogP) is 0.568. The van der Waals surface area contributed by atoms with Gasteiger partial charge in [-0.2, -0.15) is 5.26 Å². The van der Waals surface area contributed by atoms with Gasteiger partial charge in [0.2, 0.25) is 0 Å². The zero-order valence-corrected chi connectivity index (χ0v) is 7.83. The molecule has 1 fully saturated rings. The maximum Gasteiger partial charge on any atom is 0.0669 e. The number of hydrogen-bond acceptors (Lipinski definition) is 3. The van der Waals surface area contributed by atoms with E-state index in [1.807, 2.05) is 6.92 Å². The van der Waals surface area contributed by atoms with Gasteiger partial charge in [-0.05, 0) is 26.8 Å². The Morgan fingerprint density at radius 2 is 2.25 bits per heavy atom. The largest absolute Gasteiger partial charge is 0.327 e. The summed E-state index contributed by atoms with van der Waals surface area (Å²) in [6, 6.07) is 2.91. The summed E-state index contributed by atoms with van der Waals surface area (Å²) in [7, 11) is 0. The van der Waals surface area contributed by atoms with Crippen LogP contribution >= 0.6 is 0 Å². The summed E-state index contributed by atoms with van der Waals surface area (Å²) in [6.45, 7) is 6.08. The summed E-state index contributed by atoms with van der Waals surface area (Å²) in [4.78, 5) is 2.30. The lowest BCUT2D eigenvalue weighted by molar-refractivity contribution is 0.229. The Morgan fingerprint density at radius 3 is 2.67 bits per heavy atom. The van der Waals surface area contributed by atoms with E-state index in [0.717, 1.165) is 19.5 Å². The van der Waals surface area contributed by atoms with Crippen molar-refractivity contribution < 1.29 is 0 Å². The normalized spacial score (nSPS) is 29.7. The van der Waals surface area contributed by atoms with Crippen LogP contribution in [0, 0.1) is 17.2 Å². The molecule has 1 aliphatic rings. The molecule has 3 unspecified atom stereocenters. The van der Waals surface area contributed by atoms with Crippen molar-refractivity contribution in [3.63, 3.8) is 0 Å². The molecule has 2 N–H and O–H groups in total. The highest BCUT2D eigenvalue weighted by Gasteiger charge is 2.26. The fourth-order valence-corrected chi connectivity index (χ4v) is 1.60. The highest BCUT2D eigenvalue weighted by molar-refractivity contribution is 4.93. The molecule has 3 atom stereocenters. The molecule has 1 rings (SSSR count). The molecule has 68 valence electrons. The number of nitrogens with zero attached hydrogens (tertiary/aromatic N) is 2. The number of hydrogen-bond donors (Lipinski definition) is 1. The zero-order valence-electron chi connectivity index (χ0n) is 7.83. The standard InChI is InChI=1S/C9H17N3/c1-7(11)8(2)12-4-3-9(5-10)6-12/h7-9H,3-4,6,11H2,1-2H3. The van der Waals surface area contributed by atoms with E-state index in [4.69, 9.17) is 11.0 Å². The third-order valence-electron chi connectivity index (χ3n) is 2.74. The van der Waals surface area contributed by atoms with Crippen molar-refractivity contribution in [3.8, 4) is 6.07 Å². The van der Waals surface area contributed by atoms with Crippen molar-refractivity contribution in [3.05, 3.63) is 0 Å². The Labute approximate surface area is 74.1 Å². The molecule has 0 saturated carbocycles. The van der Waals surface area contributed by atoms with Crippen molar-refractivity contribution in [1.29, 1.82) is 5.26 Å². The minimum Gasteiger partial charge on any atom is -0.327 e. The predicted molar refractivity (Wildman–Crippen MR) is 48.4 cm³/mol. The maximum atomic E-state index is 8.70. The maximum absolute atomic E-state index is 8.70. The highest BCUT2D eigenvalue weighted by atomic mass is 15.2. The molecule has 0 aromatic rings. The van der Waals surface area contributed by atoms with Gasteiger partial charge in [0.25, 0.3) is 0 Å². The minimum atomic E-state index is 0.197. The van der Waals surface area contributed by atoms with Gasteiger partial charge in [-0.1, -0.05) is 0 Å². The van der Waals surface area contributed by atoms with Crippen LogP contribution in [0.5, 0.6) is 0 Å². The van der Waals surface area contributed by atoms with Gasteiger partial charge in [0.15, 0.2) is 0 Å². The zero-order chi connectivity index (χ0) is 9.14. The summed E-state index contributed by atoms with van der Waals surface area (Å²) >= 11 is 0. The van der Waals surface area contributed by atoms with Crippen molar-refractivity contribution in [1.82, 2.24) is 4.90 Å². The van der Waals surface area contributed by atoms with Crippen LogP contribution in [0.4, 0.5) is 0 Å². The quantitative estimate of drug-likeness (QED) is 0.654. The van der Waals surface area contributed by atoms with Gasteiger partial charge in [0, 0.05) is 18.6 Å². The summed E-state index contributed by atoms with van der Waals surface area (Å²) in [5, 5.41) is 8.70. The van der Waals surface area contributed by atoms with Crippen LogP contribution < -0.4 is 5.73 Å². The summed E-state index contributed by atoms with van der Waals surface area (Å²) in [6.07, 6.45) is 1.01. The lowest BCUT2D eigenvalue weighted by atomic mass is 10.1. The SMILES string of the molecule is CC(N)C(C)N1CCC(C#N)C1. The summed E-state index contributed by atoms with van der Waals surface area (Å²) in [5.74, 6) is 0.228. The second-order valence-electron chi connectivity index (χ2n) is 3.71. The molecule has 3 heteroatoms. The molecule has 0 aliphatic carbocycles. The van der Waals surface area contributed by atoms with E-state index in [-0.39, 0.29) is 12.0 Å². The fraction of sp³-hybridized carbons (Fsp3) is 0.889. The van der Waals surface area contributed by atoms with Gasteiger partial charge in [0.1, 0.15) is 0 Å². The minimum absolute atomic E-state index is 0.197. The van der Waals surface area contributed by atoms with Crippen LogP contribution in [-0.4, -0.2) is 30.1 Å². The van der Waals surface area contributed by atoms with Crippen LogP contribution in [0.15, 0.2) is 0 Å². The van der Waals surface area contributed by atoms with Gasteiger partial charge in [-0.15, -0.1) is 0 Å². The highest BCUT2D eigenvalue weighted by Crippen LogP contribution is 2.18. The van der Waals surface area contributed by atoms with E-state index in [1.165, 1.54) is 0 Å². The van der Waals surface area contributed by atoms with E-state index < -0.39 is 0 Å². The number of nitrogens with two attached hydrogens (primary N) is 1. The molecular weight excluding hydrogens is 150 g/mol. The lowest BCUT2D eigenvalue weighted by Crippen LogP contribution is -2.43. The Hall–Kier alpha value is -0.590. The topological polar surface area (TPSA) is 53.0 Å². The third kappa shape index (κ3) is 1.96. The Morgan fingerprint density at radius 1 is 1.58 bits per heavy atom. The first-order valence-corrected chi connectivity index (χ1v) is 4.54. The Bertz CT molecular complexity index is 183. The molecule has 3 nitrogen and oxygen atoms in total. The van der Waals surface area contributed by atoms with Crippen molar-refractivity contribution in [2.24, 2.45) is 11.7 Å². The number of nitriles is 1. The number of rotatable bonds is 2. The Kier molecular flexibility index (Phi) is 3.07. The van der Waals surface area contributed by atoms with E-state index in [2.05, 4.69) is 17.9 Å². The molecule has 1 aliphatic heterocycles. The smallest absolute Gasteiger partial charge is 0.0669 e. The Balaban J connectivity index is 2.42. The molecular formula is C9H17N3.